The van der Waals surface area contributed by atoms with Gasteiger partial charge in [-0.1, -0.05) is 0 Å². The average Bonchev–Trinajstić information content (AvgIpc) is 3.40. The van der Waals surface area contributed by atoms with Crippen LogP contribution in [0.2, 0.25) is 0 Å². The van der Waals surface area contributed by atoms with E-state index in [-0.39, 0.29) is 11.3 Å². The first-order valence-electron chi connectivity index (χ1n) is 9.68. The van der Waals surface area contributed by atoms with Crippen LogP contribution in [-0.2, 0) is 9.59 Å². The first-order chi connectivity index (χ1) is 14.9. The third-order valence-corrected chi connectivity index (χ3v) is 5.26. The van der Waals surface area contributed by atoms with Crippen molar-refractivity contribution in [2.24, 2.45) is 0 Å². The highest BCUT2D eigenvalue weighted by Crippen LogP contribution is 2.42. The molecule has 0 saturated carbocycles. The van der Waals surface area contributed by atoms with Crippen LogP contribution in [0.4, 0.5) is 11.4 Å². The molecule has 7 heteroatoms. The Balaban J connectivity index is 1.85. The zero-order valence-corrected chi connectivity index (χ0v) is 17.4. The summed E-state index contributed by atoms with van der Waals surface area (Å²) in [4.78, 5) is 29.4. The predicted molar refractivity (Wildman–Crippen MR) is 117 cm³/mol. The highest BCUT2D eigenvalue weighted by molar-refractivity contribution is 6.51. The van der Waals surface area contributed by atoms with E-state index in [9.17, 15) is 14.7 Å². The molecule has 1 aliphatic rings. The summed E-state index contributed by atoms with van der Waals surface area (Å²) in [5, 5.41) is 11.0. The van der Waals surface area contributed by atoms with Gasteiger partial charge in [-0.3, -0.25) is 14.5 Å². The van der Waals surface area contributed by atoms with E-state index in [1.807, 2.05) is 31.1 Å². The molecule has 0 spiro atoms. The molecule has 4 rings (SSSR count). The zero-order valence-electron chi connectivity index (χ0n) is 17.4. The maximum Gasteiger partial charge on any atom is 0.300 e. The van der Waals surface area contributed by atoms with E-state index in [4.69, 9.17) is 9.15 Å². The summed E-state index contributed by atoms with van der Waals surface area (Å²) in [6, 6.07) is 16.3. The van der Waals surface area contributed by atoms with Gasteiger partial charge >= 0.3 is 0 Å². The molecule has 0 radical (unpaired) electrons. The van der Waals surface area contributed by atoms with Crippen molar-refractivity contribution in [1.82, 2.24) is 0 Å². The molecule has 1 N–H and O–H groups in total. The first-order valence-corrected chi connectivity index (χ1v) is 9.68. The quantitative estimate of drug-likeness (QED) is 0.383. The van der Waals surface area contributed by atoms with Crippen LogP contribution in [0.3, 0.4) is 0 Å². The summed E-state index contributed by atoms with van der Waals surface area (Å²) in [5.74, 6) is -0.776. The van der Waals surface area contributed by atoms with Crippen LogP contribution in [0.5, 0.6) is 5.75 Å². The van der Waals surface area contributed by atoms with Crippen molar-refractivity contribution in [2.75, 3.05) is 31.0 Å². The number of hydrogen-bond acceptors (Lipinski definition) is 6. The Hall–Kier alpha value is -4.00. The van der Waals surface area contributed by atoms with E-state index >= 15 is 0 Å². The van der Waals surface area contributed by atoms with Gasteiger partial charge in [0.25, 0.3) is 11.7 Å². The molecule has 31 heavy (non-hydrogen) atoms. The van der Waals surface area contributed by atoms with Crippen molar-refractivity contribution in [3.8, 4) is 5.75 Å². The van der Waals surface area contributed by atoms with Crippen LogP contribution in [0.15, 0.2) is 76.9 Å². The van der Waals surface area contributed by atoms with Gasteiger partial charge in [-0.25, -0.2) is 0 Å². The van der Waals surface area contributed by atoms with Crippen molar-refractivity contribution in [3.05, 3.63) is 83.8 Å². The Morgan fingerprint density at radius 3 is 2.26 bits per heavy atom. The molecule has 1 unspecified atom stereocenters. The molecule has 0 bridgehead atoms. The fraction of sp³-hybridized carbons (Fsp3) is 0.167. The number of furan rings is 1. The van der Waals surface area contributed by atoms with E-state index in [0.717, 1.165) is 5.69 Å². The molecule has 2 aromatic carbocycles. The normalized spacial score (nSPS) is 17.8. The summed E-state index contributed by atoms with van der Waals surface area (Å²) in [7, 11) is 5.37. The SMILES string of the molecule is COc1ccc(/C(O)=C2/C(=O)C(=O)N(c3ccc(N(C)C)cc3)C2c2ccco2)cc1. The minimum Gasteiger partial charge on any atom is -0.507 e. The lowest BCUT2D eigenvalue weighted by molar-refractivity contribution is -0.132. The molecule has 7 nitrogen and oxygen atoms in total. The van der Waals surface area contributed by atoms with Crippen molar-refractivity contribution < 1.29 is 23.8 Å². The molecular formula is C24H22N2O5. The van der Waals surface area contributed by atoms with Gasteiger partial charge in [-0.05, 0) is 60.7 Å². The number of ether oxygens (including phenoxy) is 1. The van der Waals surface area contributed by atoms with Gasteiger partial charge in [-0.2, -0.15) is 0 Å². The summed E-state index contributed by atoms with van der Waals surface area (Å²) < 4.78 is 10.7. The number of carbonyl (C=O) groups is 2. The van der Waals surface area contributed by atoms with Gasteiger partial charge < -0.3 is 19.2 Å². The lowest BCUT2D eigenvalue weighted by Gasteiger charge is -2.24. The highest BCUT2D eigenvalue weighted by atomic mass is 16.5. The van der Waals surface area contributed by atoms with E-state index in [2.05, 4.69) is 0 Å². The maximum absolute atomic E-state index is 13.0. The molecule has 1 aliphatic heterocycles. The number of ketones is 1. The number of Topliss-reactive ketones (excluding diaryl/α,β-unsaturated/α-hetero) is 1. The third-order valence-electron chi connectivity index (χ3n) is 5.26. The Bertz CT molecular complexity index is 1130. The standard InChI is InChI=1S/C24H22N2O5/c1-25(2)16-8-10-17(11-9-16)26-21(19-5-4-14-31-19)20(23(28)24(26)29)22(27)15-6-12-18(30-3)13-7-15/h4-14,21,27H,1-3H3/b22-20-. The largest absolute Gasteiger partial charge is 0.507 e. The smallest absolute Gasteiger partial charge is 0.300 e. The fourth-order valence-corrected chi connectivity index (χ4v) is 3.63. The van der Waals surface area contributed by atoms with Gasteiger partial charge in [0, 0.05) is 31.0 Å². The van der Waals surface area contributed by atoms with Crippen molar-refractivity contribution >= 4 is 28.8 Å². The fourth-order valence-electron chi connectivity index (χ4n) is 3.63. The molecule has 1 fully saturated rings. The molecule has 2 heterocycles. The second kappa shape index (κ2) is 8.02. The third kappa shape index (κ3) is 3.54. The molecule has 3 aromatic rings. The lowest BCUT2D eigenvalue weighted by Crippen LogP contribution is -2.29. The lowest BCUT2D eigenvalue weighted by atomic mass is 9.99. The topological polar surface area (TPSA) is 83.2 Å². The summed E-state index contributed by atoms with van der Waals surface area (Å²) in [5.41, 5.74) is 1.86. The van der Waals surface area contributed by atoms with Gasteiger partial charge in [0.1, 0.15) is 23.3 Å². The second-order valence-corrected chi connectivity index (χ2v) is 7.32. The number of aliphatic hydroxyl groups excluding tert-OH is 1. The van der Waals surface area contributed by atoms with Gasteiger partial charge in [-0.15, -0.1) is 0 Å². The van der Waals surface area contributed by atoms with Crippen LogP contribution in [0.1, 0.15) is 17.4 Å². The van der Waals surface area contributed by atoms with E-state index in [0.29, 0.717) is 22.8 Å². The highest BCUT2D eigenvalue weighted by Gasteiger charge is 2.48. The number of amides is 1. The Labute approximate surface area is 179 Å². The molecule has 1 aromatic heterocycles. The van der Waals surface area contributed by atoms with Crippen molar-refractivity contribution in [3.63, 3.8) is 0 Å². The van der Waals surface area contributed by atoms with Gasteiger partial charge in [0.15, 0.2) is 0 Å². The van der Waals surface area contributed by atoms with Crippen LogP contribution in [0, 0.1) is 0 Å². The van der Waals surface area contributed by atoms with Crippen LogP contribution >= 0.6 is 0 Å². The number of carbonyl (C=O) groups excluding carboxylic acids is 2. The molecule has 158 valence electrons. The number of rotatable bonds is 5. The van der Waals surface area contributed by atoms with Crippen LogP contribution < -0.4 is 14.5 Å². The molecular weight excluding hydrogens is 396 g/mol. The number of anilines is 2. The number of aliphatic hydroxyl groups is 1. The van der Waals surface area contributed by atoms with Crippen LogP contribution in [0.25, 0.3) is 5.76 Å². The second-order valence-electron chi connectivity index (χ2n) is 7.32. The minimum absolute atomic E-state index is 0.0261. The summed E-state index contributed by atoms with van der Waals surface area (Å²) in [6.45, 7) is 0. The van der Waals surface area contributed by atoms with Gasteiger partial charge in [0.05, 0.1) is 18.9 Å². The number of nitrogens with zero attached hydrogens (tertiary/aromatic N) is 2. The predicted octanol–water partition coefficient (Wildman–Crippen LogP) is 3.98. The van der Waals surface area contributed by atoms with Crippen LogP contribution in [-0.4, -0.2) is 38.0 Å². The van der Waals surface area contributed by atoms with Crippen molar-refractivity contribution in [2.45, 2.75) is 6.04 Å². The minimum atomic E-state index is -0.887. The molecule has 1 amide bonds. The number of hydrogen-bond donors (Lipinski definition) is 1. The number of benzene rings is 2. The Kier molecular flexibility index (Phi) is 5.25. The maximum atomic E-state index is 13.0. The number of methoxy groups -OCH3 is 1. The van der Waals surface area contributed by atoms with E-state index < -0.39 is 17.7 Å². The Morgan fingerprint density at radius 1 is 1.03 bits per heavy atom. The molecule has 1 saturated heterocycles. The first kappa shape index (κ1) is 20.3. The average molecular weight is 418 g/mol. The monoisotopic (exact) mass is 418 g/mol. The van der Waals surface area contributed by atoms with E-state index in [1.54, 1.807) is 55.6 Å². The molecule has 0 aliphatic carbocycles. The zero-order chi connectivity index (χ0) is 22.1. The summed E-state index contributed by atoms with van der Waals surface area (Å²) in [6.07, 6.45) is 1.47. The van der Waals surface area contributed by atoms with E-state index in [1.165, 1.54) is 11.2 Å². The summed E-state index contributed by atoms with van der Waals surface area (Å²) >= 11 is 0. The van der Waals surface area contributed by atoms with Crippen molar-refractivity contribution in [1.29, 1.82) is 0 Å². The Morgan fingerprint density at radius 2 is 1.71 bits per heavy atom. The molecule has 1 atom stereocenters. The van der Waals surface area contributed by atoms with Gasteiger partial charge in [0.2, 0.25) is 0 Å².